The zero-order valence-electron chi connectivity index (χ0n) is 20.2. The Hall–Kier alpha value is -1.26. The van der Waals surface area contributed by atoms with Gasteiger partial charge in [0.15, 0.2) is 0 Å². The van der Waals surface area contributed by atoms with E-state index in [-0.39, 0.29) is 5.75 Å². The molecule has 5 heteroatoms. The Balaban J connectivity index is 1.32. The highest BCUT2D eigenvalue weighted by Crippen LogP contribution is 2.41. The summed E-state index contributed by atoms with van der Waals surface area (Å²) in [5, 5.41) is 0. The van der Waals surface area contributed by atoms with Crippen molar-refractivity contribution in [1.29, 1.82) is 0 Å². The highest BCUT2D eigenvalue weighted by molar-refractivity contribution is 5.30. The number of unbranched alkanes of at least 4 members (excludes halogenated alkanes) is 3. The number of rotatable bonds is 12. The lowest BCUT2D eigenvalue weighted by Crippen LogP contribution is -2.33. The third-order valence-electron chi connectivity index (χ3n) is 8.12. The van der Waals surface area contributed by atoms with Crippen LogP contribution in [0.1, 0.15) is 115 Å². The molecule has 1 nitrogen and oxygen atoms in total. The van der Waals surface area contributed by atoms with Gasteiger partial charge in [-0.25, -0.2) is 0 Å². The third-order valence-corrected chi connectivity index (χ3v) is 8.12. The van der Waals surface area contributed by atoms with Crippen molar-refractivity contribution in [2.24, 2.45) is 17.8 Å². The fourth-order valence-electron chi connectivity index (χ4n) is 5.93. The molecule has 2 saturated carbocycles. The van der Waals surface area contributed by atoms with Gasteiger partial charge in [0.2, 0.25) is 0 Å². The van der Waals surface area contributed by atoms with Gasteiger partial charge in [-0.05, 0) is 67.1 Å². The largest absolute Gasteiger partial charge is 0.461 e. The van der Waals surface area contributed by atoms with Gasteiger partial charge in [-0.15, -0.1) is 0 Å². The van der Waals surface area contributed by atoms with Crippen molar-refractivity contribution in [2.75, 3.05) is 0 Å². The van der Waals surface area contributed by atoms with E-state index < -0.39 is 12.5 Å². The van der Waals surface area contributed by atoms with Gasteiger partial charge in [0.1, 0.15) is 5.75 Å². The lowest BCUT2D eigenvalue weighted by molar-refractivity contribution is -0.253. The normalized spacial score (nSPS) is 26.5. The molecule has 1 aromatic rings. The second-order valence-electron chi connectivity index (χ2n) is 10.6. The summed E-state index contributed by atoms with van der Waals surface area (Å²) in [6.07, 6.45) is 11.8. The Morgan fingerprint density at radius 2 is 1.27 bits per heavy atom. The van der Waals surface area contributed by atoms with Gasteiger partial charge in [0.25, 0.3) is 0 Å². The average molecular weight is 471 g/mol. The molecule has 0 heterocycles. The fourth-order valence-corrected chi connectivity index (χ4v) is 5.93. The molecule has 33 heavy (non-hydrogen) atoms. The lowest BCUT2D eigenvalue weighted by Gasteiger charge is -2.32. The molecular weight excluding hydrogens is 428 g/mol. The number of hydrogen-bond acceptors (Lipinski definition) is 1. The van der Waals surface area contributed by atoms with Crippen molar-refractivity contribution < 1.29 is 22.3 Å². The summed E-state index contributed by atoms with van der Waals surface area (Å²) in [5.41, 5.74) is 1.10. The molecule has 2 fully saturated rings. The fraction of sp³-hybridized carbons (Fsp3) is 0.786. The molecule has 0 aliphatic heterocycles. The zero-order valence-corrected chi connectivity index (χ0v) is 20.2. The molecule has 2 aliphatic carbocycles. The number of alkyl halides is 4. The first kappa shape index (κ1) is 26.3. The Bertz CT molecular complexity index is 659. The monoisotopic (exact) mass is 470 g/mol. The van der Waals surface area contributed by atoms with Crippen molar-refractivity contribution in [1.82, 2.24) is 0 Å². The Morgan fingerprint density at radius 3 is 1.79 bits per heavy atom. The minimum atomic E-state index is -4.45. The molecule has 0 aromatic heterocycles. The van der Waals surface area contributed by atoms with Crippen molar-refractivity contribution in [3.63, 3.8) is 0 Å². The van der Waals surface area contributed by atoms with Crippen LogP contribution in [0.5, 0.6) is 5.75 Å². The van der Waals surface area contributed by atoms with Crippen LogP contribution >= 0.6 is 0 Å². The second-order valence-corrected chi connectivity index (χ2v) is 10.6. The summed E-state index contributed by atoms with van der Waals surface area (Å²) in [6, 6.07) is 6.28. The van der Waals surface area contributed by atoms with E-state index in [1.807, 2.05) is 0 Å². The van der Waals surface area contributed by atoms with Crippen molar-refractivity contribution in [3.8, 4) is 5.75 Å². The Kier molecular flexibility index (Phi) is 10.4. The standard InChI is InChI=1S/C28H42F4O/c1-2-3-4-5-6-21-7-9-22(10-8-21)11-12-23-13-15-24(16-14-23)25-17-19-26(20-18-25)33-28(31,32)27(29)30/h17-24,27H,2-16H2,1H3. The van der Waals surface area contributed by atoms with E-state index in [2.05, 4.69) is 11.7 Å². The molecule has 0 spiro atoms. The predicted octanol–water partition coefficient (Wildman–Crippen LogP) is 9.75. The van der Waals surface area contributed by atoms with Gasteiger partial charge in [0, 0.05) is 0 Å². The first-order valence-electron chi connectivity index (χ1n) is 13.3. The van der Waals surface area contributed by atoms with Gasteiger partial charge in [-0.2, -0.15) is 17.6 Å². The third kappa shape index (κ3) is 8.47. The van der Waals surface area contributed by atoms with Crippen LogP contribution in [0.4, 0.5) is 17.6 Å². The van der Waals surface area contributed by atoms with Crippen molar-refractivity contribution in [3.05, 3.63) is 29.8 Å². The molecular formula is C28H42F4O. The minimum absolute atomic E-state index is 0.214. The smallest absolute Gasteiger partial charge is 0.428 e. The van der Waals surface area contributed by atoms with Crippen molar-refractivity contribution in [2.45, 2.75) is 122 Å². The van der Waals surface area contributed by atoms with Crippen LogP contribution in [-0.2, 0) is 0 Å². The van der Waals surface area contributed by atoms with E-state index >= 15 is 0 Å². The first-order chi connectivity index (χ1) is 15.9. The maximum Gasteiger partial charge on any atom is 0.461 e. The maximum atomic E-state index is 13.1. The lowest BCUT2D eigenvalue weighted by atomic mass is 9.74. The van der Waals surface area contributed by atoms with Crippen LogP contribution in [-0.4, -0.2) is 12.5 Å². The van der Waals surface area contributed by atoms with Crippen LogP contribution < -0.4 is 4.74 Å². The van der Waals surface area contributed by atoms with E-state index in [1.54, 1.807) is 12.1 Å². The molecule has 1 aromatic carbocycles. The molecule has 0 saturated heterocycles. The Morgan fingerprint density at radius 1 is 0.758 bits per heavy atom. The summed E-state index contributed by atoms with van der Waals surface area (Å²) >= 11 is 0. The molecule has 0 N–H and O–H groups in total. The van der Waals surface area contributed by atoms with E-state index in [1.165, 1.54) is 95.6 Å². The summed E-state index contributed by atoms with van der Waals surface area (Å²) in [7, 11) is 0. The predicted molar refractivity (Wildman–Crippen MR) is 126 cm³/mol. The topological polar surface area (TPSA) is 9.23 Å². The molecule has 0 amide bonds. The van der Waals surface area contributed by atoms with Crippen LogP contribution in [0, 0.1) is 17.8 Å². The van der Waals surface area contributed by atoms with Crippen molar-refractivity contribution >= 4 is 0 Å². The molecule has 0 radical (unpaired) electrons. The summed E-state index contributed by atoms with van der Waals surface area (Å²) < 4.78 is 54.9. The Labute approximate surface area is 197 Å². The molecule has 188 valence electrons. The highest BCUT2D eigenvalue weighted by Gasteiger charge is 2.44. The van der Waals surface area contributed by atoms with E-state index in [9.17, 15) is 17.6 Å². The van der Waals surface area contributed by atoms with Crippen LogP contribution in [0.15, 0.2) is 24.3 Å². The molecule has 0 unspecified atom stereocenters. The highest BCUT2D eigenvalue weighted by atomic mass is 19.3. The molecule has 2 aliphatic rings. The average Bonchev–Trinajstić information content (AvgIpc) is 2.82. The van der Waals surface area contributed by atoms with Crippen LogP contribution in [0.2, 0.25) is 0 Å². The quantitative estimate of drug-likeness (QED) is 0.218. The summed E-state index contributed by atoms with van der Waals surface area (Å²) in [5.74, 6) is 2.92. The maximum absolute atomic E-state index is 13.1. The van der Waals surface area contributed by atoms with Crippen LogP contribution in [0.3, 0.4) is 0 Å². The SMILES string of the molecule is CCCCCCC1CCC(CCC2CCC(c3ccc(OC(F)(F)C(F)F)cc3)CC2)CC1. The number of hydrogen-bond donors (Lipinski definition) is 0. The van der Waals surface area contributed by atoms with Gasteiger partial charge in [-0.3, -0.25) is 0 Å². The van der Waals surface area contributed by atoms with Gasteiger partial charge in [0.05, 0.1) is 0 Å². The second kappa shape index (κ2) is 13.0. The summed E-state index contributed by atoms with van der Waals surface area (Å²) in [6.45, 7) is 2.28. The van der Waals surface area contributed by atoms with Gasteiger partial charge in [-0.1, -0.05) is 89.7 Å². The molecule has 0 bridgehead atoms. The van der Waals surface area contributed by atoms with Gasteiger partial charge >= 0.3 is 12.5 Å². The number of ether oxygens (including phenoxy) is 1. The molecule has 3 rings (SSSR count). The van der Waals surface area contributed by atoms with Gasteiger partial charge < -0.3 is 4.74 Å². The van der Waals surface area contributed by atoms with E-state index in [0.29, 0.717) is 5.92 Å². The van der Waals surface area contributed by atoms with Crippen LogP contribution in [0.25, 0.3) is 0 Å². The van der Waals surface area contributed by atoms with E-state index in [0.717, 1.165) is 36.2 Å². The zero-order chi connectivity index (χ0) is 23.7. The first-order valence-corrected chi connectivity index (χ1v) is 13.3. The number of benzene rings is 1. The molecule has 0 atom stereocenters. The summed E-state index contributed by atoms with van der Waals surface area (Å²) in [4.78, 5) is 0. The number of halogens is 4. The minimum Gasteiger partial charge on any atom is -0.428 e. The van der Waals surface area contributed by atoms with E-state index in [4.69, 9.17) is 0 Å².